The van der Waals surface area contributed by atoms with Gasteiger partial charge in [0.2, 0.25) is 0 Å². The molecule has 0 atom stereocenters. The lowest BCUT2D eigenvalue weighted by Gasteiger charge is -2.22. The van der Waals surface area contributed by atoms with Gasteiger partial charge in [0.05, 0.1) is 6.61 Å². The quantitative estimate of drug-likeness (QED) is 0.669. The van der Waals surface area contributed by atoms with Gasteiger partial charge in [0.15, 0.2) is 0 Å². The maximum atomic E-state index is 11.3. The molecule has 0 heterocycles. The Balaban J connectivity index is 3.11. The molecule has 1 aromatic carbocycles. The van der Waals surface area contributed by atoms with E-state index in [-0.39, 0.29) is 11.4 Å². The lowest BCUT2D eigenvalue weighted by molar-refractivity contribution is -0.137. The molecule has 0 bridgehead atoms. The Morgan fingerprint density at radius 1 is 1.37 bits per heavy atom. The van der Waals surface area contributed by atoms with Crippen molar-refractivity contribution >= 4 is 12.0 Å². The normalized spacial score (nSPS) is 11.8. The van der Waals surface area contributed by atoms with Gasteiger partial charge in [0, 0.05) is 11.6 Å². The summed E-state index contributed by atoms with van der Waals surface area (Å²) < 4.78 is 4.84. The number of rotatable bonds is 3. The van der Waals surface area contributed by atoms with Gasteiger partial charge in [-0.05, 0) is 48.6 Å². The van der Waals surface area contributed by atoms with Gasteiger partial charge in [0.1, 0.15) is 5.75 Å². The highest BCUT2D eigenvalue weighted by Crippen LogP contribution is 2.34. The number of ether oxygens (including phenoxy) is 1. The average Bonchev–Trinajstić information content (AvgIpc) is 2.29. The summed E-state index contributed by atoms with van der Waals surface area (Å²) in [5, 5.41) is 10.1. The van der Waals surface area contributed by atoms with Crippen LogP contribution in [0.15, 0.2) is 18.2 Å². The molecule has 3 nitrogen and oxygen atoms in total. The summed E-state index contributed by atoms with van der Waals surface area (Å²) in [5.41, 5.74) is 2.41. The van der Waals surface area contributed by atoms with Crippen LogP contribution in [0, 0.1) is 6.92 Å². The monoisotopic (exact) mass is 262 g/mol. The van der Waals surface area contributed by atoms with E-state index in [0.29, 0.717) is 12.4 Å². The fourth-order valence-electron chi connectivity index (χ4n) is 1.83. The fraction of sp³-hybridized carbons (Fsp3) is 0.438. The van der Waals surface area contributed by atoms with Crippen LogP contribution >= 0.6 is 0 Å². The van der Waals surface area contributed by atoms with E-state index in [4.69, 9.17) is 4.74 Å². The number of carbonyl (C=O) groups excluding carboxylic acids is 1. The van der Waals surface area contributed by atoms with Crippen LogP contribution in [0.25, 0.3) is 6.08 Å². The summed E-state index contributed by atoms with van der Waals surface area (Å²) in [4.78, 5) is 11.3. The minimum absolute atomic E-state index is 0.150. The Kier molecular flexibility index (Phi) is 4.76. The lowest BCUT2D eigenvalue weighted by Crippen LogP contribution is -2.12. The molecule has 0 aliphatic rings. The Morgan fingerprint density at radius 3 is 2.53 bits per heavy atom. The summed E-state index contributed by atoms with van der Waals surface area (Å²) in [6.07, 6.45) is 3.11. The molecule has 0 saturated carbocycles. The number of phenolic OH excluding ortho intramolecular Hbond substituents is 1. The highest BCUT2D eigenvalue weighted by Gasteiger charge is 2.19. The van der Waals surface area contributed by atoms with Crippen molar-refractivity contribution < 1.29 is 14.6 Å². The highest BCUT2D eigenvalue weighted by atomic mass is 16.5. The third-order valence-electron chi connectivity index (χ3n) is 2.83. The minimum atomic E-state index is -0.356. The Hall–Kier alpha value is -1.77. The molecule has 0 fully saturated rings. The second-order valence-electron chi connectivity index (χ2n) is 5.57. The van der Waals surface area contributed by atoms with Crippen LogP contribution in [0.4, 0.5) is 0 Å². The predicted molar refractivity (Wildman–Crippen MR) is 77.2 cm³/mol. The second kappa shape index (κ2) is 5.91. The first-order valence-corrected chi connectivity index (χ1v) is 6.44. The number of aromatic hydroxyl groups is 1. The summed E-state index contributed by atoms with van der Waals surface area (Å²) in [7, 11) is 0. The first kappa shape index (κ1) is 15.3. The zero-order valence-corrected chi connectivity index (χ0v) is 12.3. The Bertz CT molecular complexity index is 493. The predicted octanol–water partition coefficient (Wildman–Crippen LogP) is 3.57. The van der Waals surface area contributed by atoms with Gasteiger partial charge in [-0.3, -0.25) is 0 Å². The van der Waals surface area contributed by atoms with E-state index in [1.807, 2.05) is 39.8 Å². The van der Waals surface area contributed by atoms with Crippen molar-refractivity contribution in [2.75, 3.05) is 6.61 Å². The van der Waals surface area contributed by atoms with E-state index in [2.05, 4.69) is 0 Å². The van der Waals surface area contributed by atoms with Gasteiger partial charge in [-0.1, -0.05) is 20.8 Å². The zero-order valence-electron chi connectivity index (χ0n) is 12.3. The van der Waals surface area contributed by atoms with Gasteiger partial charge in [0.25, 0.3) is 0 Å². The minimum Gasteiger partial charge on any atom is -0.507 e. The van der Waals surface area contributed by atoms with Crippen LogP contribution in [-0.4, -0.2) is 17.7 Å². The third kappa shape index (κ3) is 4.12. The smallest absolute Gasteiger partial charge is 0.330 e. The van der Waals surface area contributed by atoms with Crippen molar-refractivity contribution in [1.82, 2.24) is 0 Å². The summed E-state index contributed by atoms with van der Waals surface area (Å²) in [6, 6.07) is 3.75. The Morgan fingerprint density at radius 2 is 2.00 bits per heavy atom. The molecule has 0 aliphatic heterocycles. The molecule has 0 radical (unpaired) electrons. The molecule has 0 saturated heterocycles. The highest BCUT2D eigenvalue weighted by molar-refractivity contribution is 5.87. The van der Waals surface area contributed by atoms with Gasteiger partial charge in [-0.2, -0.15) is 0 Å². The molecule has 0 aromatic heterocycles. The van der Waals surface area contributed by atoms with Crippen molar-refractivity contribution in [2.24, 2.45) is 0 Å². The lowest BCUT2D eigenvalue weighted by atomic mass is 9.84. The number of aryl methyl sites for hydroxylation is 1. The molecule has 1 N–H and O–H groups in total. The van der Waals surface area contributed by atoms with E-state index in [0.717, 1.165) is 16.7 Å². The van der Waals surface area contributed by atoms with Crippen LogP contribution in [-0.2, 0) is 14.9 Å². The zero-order chi connectivity index (χ0) is 14.6. The first-order chi connectivity index (χ1) is 8.75. The van der Waals surface area contributed by atoms with Crippen molar-refractivity contribution in [3.63, 3.8) is 0 Å². The molecular formula is C16H22O3. The van der Waals surface area contributed by atoms with E-state index in [9.17, 15) is 9.90 Å². The molecule has 0 unspecified atom stereocenters. The molecule has 0 amide bonds. The number of hydrogen-bond donors (Lipinski definition) is 1. The standard InChI is InChI=1S/C16H22O3/c1-6-19-14(17)8-7-12-9-11(2)15(18)13(10-12)16(3,4)5/h7-10,18H,6H2,1-5H3. The first-order valence-electron chi connectivity index (χ1n) is 6.44. The van der Waals surface area contributed by atoms with Crippen LogP contribution in [0.3, 0.4) is 0 Å². The number of phenols is 1. The van der Waals surface area contributed by atoms with Crippen LogP contribution in [0.1, 0.15) is 44.4 Å². The van der Waals surface area contributed by atoms with Crippen molar-refractivity contribution in [1.29, 1.82) is 0 Å². The van der Waals surface area contributed by atoms with Crippen LogP contribution < -0.4 is 0 Å². The fourth-order valence-corrected chi connectivity index (χ4v) is 1.83. The molecule has 1 aromatic rings. The molecular weight excluding hydrogens is 240 g/mol. The van der Waals surface area contributed by atoms with Crippen LogP contribution in [0.2, 0.25) is 0 Å². The van der Waals surface area contributed by atoms with E-state index in [1.54, 1.807) is 13.0 Å². The van der Waals surface area contributed by atoms with Gasteiger partial charge in [-0.25, -0.2) is 4.79 Å². The molecule has 19 heavy (non-hydrogen) atoms. The van der Waals surface area contributed by atoms with Crippen molar-refractivity contribution in [2.45, 2.75) is 40.0 Å². The summed E-state index contributed by atoms with van der Waals surface area (Å²) >= 11 is 0. The largest absolute Gasteiger partial charge is 0.507 e. The molecule has 104 valence electrons. The summed E-state index contributed by atoms with van der Waals surface area (Å²) in [5.74, 6) is -0.0358. The second-order valence-corrected chi connectivity index (χ2v) is 5.57. The number of esters is 1. The Labute approximate surface area is 114 Å². The van der Waals surface area contributed by atoms with E-state index in [1.165, 1.54) is 6.08 Å². The maximum absolute atomic E-state index is 11.3. The van der Waals surface area contributed by atoms with E-state index >= 15 is 0 Å². The van der Waals surface area contributed by atoms with Gasteiger partial charge < -0.3 is 9.84 Å². The third-order valence-corrected chi connectivity index (χ3v) is 2.83. The van der Waals surface area contributed by atoms with Gasteiger partial charge >= 0.3 is 5.97 Å². The summed E-state index contributed by atoms with van der Waals surface area (Å²) in [6.45, 7) is 10.1. The number of benzene rings is 1. The maximum Gasteiger partial charge on any atom is 0.330 e. The van der Waals surface area contributed by atoms with Gasteiger partial charge in [-0.15, -0.1) is 0 Å². The molecule has 0 spiro atoms. The number of carbonyl (C=O) groups is 1. The molecule has 0 aliphatic carbocycles. The van der Waals surface area contributed by atoms with Crippen LogP contribution in [0.5, 0.6) is 5.75 Å². The molecule has 3 heteroatoms. The van der Waals surface area contributed by atoms with Crippen molar-refractivity contribution in [3.05, 3.63) is 34.9 Å². The number of hydrogen-bond acceptors (Lipinski definition) is 3. The van der Waals surface area contributed by atoms with E-state index < -0.39 is 0 Å². The SMILES string of the molecule is CCOC(=O)C=Cc1cc(C)c(O)c(C(C)(C)C)c1. The topological polar surface area (TPSA) is 46.5 Å². The van der Waals surface area contributed by atoms with Crippen molar-refractivity contribution in [3.8, 4) is 5.75 Å². The average molecular weight is 262 g/mol. The molecule has 1 rings (SSSR count).